The average molecular weight is 694 g/mol. The first kappa shape index (κ1) is 39.9. The maximum absolute atomic E-state index is 13.5. The highest BCUT2D eigenvalue weighted by Crippen LogP contribution is 2.30. The van der Waals surface area contributed by atoms with Gasteiger partial charge in [0, 0.05) is 50.9 Å². The number of hydrogen-bond acceptors (Lipinski definition) is 4. The largest absolute Gasteiger partial charge is 0.390 e. The molecule has 0 radical (unpaired) electrons. The molecule has 2 N–H and O–H groups in total. The van der Waals surface area contributed by atoms with Crippen LogP contribution in [0.2, 0.25) is 10.0 Å². The summed E-state index contributed by atoms with van der Waals surface area (Å²) >= 11 is 12.0. The minimum absolute atomic E-state index is 0. The molecule has 1 atom stereocenters. The van der Waals surface area contributed by atoms with Gasteiger partial charge in [0.15, 0.2) is 0 Å². The summed E-state index contributed by atoms with van der Waals surface area (Å²) in [5.41, 5.74) is 2.92. The second-order valence-corrected chi connectivity index (χ2v) is 10.4. The number of rotatable bonds is 11. The van der Waals surface area contributed by atoms with E-state index in [0.717, 1.165) is 62.4 Å². The zero-order valence-corrected chi connectivity index (χ0v) is 27.1. The number of nitrogens with zero attached hydrogens (tertiary/aromatic N) is 2. The van der Waals surface area contributed by atoms with Crippen molar-refractivity contribution in [3.8, 4) is 0 Å². The summed E-state index contributed by atoms with van der Waals surface area (Å²) in [6.45, 7) is 5.72. The van der Waals surface area contributed by atoms with Gasteiger partial charge in [0.1, 0.15) is 11.6 Å². The molecule has 0 spiro atoms. The monoisotopic (exact) mass is 691 g/mol. The average Bonchev–Trinajstić information content (AvgIpc) is 2.90. The lowest BCUT2D eigenvalue weighted by atomic mass is 9.87. The molecule has 12 heteroatoms. The van der Waals surface area contributed by atoms with Crippen LogP contribution in [0.15, 0.2) is 66.7 Å². The Morgan fingerprint density at radius 3 is 1.76 bits per heavy atom. The molecule has 4 rings (SSSR count). The van der Waals surface area contributed by atoms with Crippen LogP contribution in [0.4, 0.5) is 14.5 Å². The molecule has 41 heavy (non-hydrogen) atoms. The molecule has 230 valence electrons. The summed E-state index contributed by atoms with van der Waals surface area (Å²) < 4.78 is 26.9. The van der Waals surface area contributed by atoms with Crippen molar-refractivity contribution in [3.05, 3.63) is 99.5 Å². The third-order valence-electron chi connectivity index (χ3n) is 6.91. The second-order valence-electron chi connectivity index (χ2n) is 9.60. The Kier molecular flexibility index (Phi) is 19.5. The Labute approximate surface area is 276 Å². The van der Waals surface area contributed by atoms with E-state index in [2.05, 4.69) is 15.1 Å². The van der Waals surface area contributed by atoms with Gasteiger partial charge in [0.25, 0.3) is 0 Å². The maximum Gasteiger partial charge on any atom is 0.123 e. The number of β-amino-alcohol motifs (C(OH)–C–C–N with tert-alkyl or cyclic N) is 1. The van der Waals surface area contributed by atoms with Crippen LogP contribution in [0.5, 0.6) is 0 Å². The van der Waals surface area contributed by atoms with Gasteiger partial charge in [0.2, 0.25) is 0 Å². The van der Waals surface area contributed by atoms with Gasteiger partial charge in [0.05, 0.1) is 16.1 Å². The van der Waals surface area contributed by atoms with Crippen molar-refractivity contribution in [3.63, 3.8) is 0 Å². The van der Waals surface area contributed by atoms with E-state index in [1.807, 2.05) is 30.3 Å². The predicted octanol–water partition coefficient (Wildman–Crippen LogP) is 7.96. The summed E-state index contributed by atoms with van der Waals surface area (Å²) in [6.07, 6.45) is 1.39. The minimum atomic E-state index is -0.492. The smallest absolute Gasteiger partial charge is 0.123 e. The Bertz CT molecular complexity index is 1090. The van der Waals surface area contributed by atoms with E-state index in [1.54, 1.807) is 12.1 Å². The fourth-order valence-electron chi connectivity index (χ4n) is 4.83. The summed E-state index contributed by atoms with van der Waals surface area (Å²) in [6, 6.07) is 18.6. The van der Waals surface area contributed by atoms with Gasteiger partial charge in [-0.25, -0.2) is 8.78 Å². The minimum Gasteiger partial charge on any atom is -0.390 e. The number of nitrogens with one attached hydrogen (secondary N) is 1. The first-order valence-electron chi connectivity index (χ1n) is 12.7. The molecule has 1 aliphatic rings. The molecule has 0 saturated carbocycles. The molecule has 0 amide bonds. The zero-order valence-electron chi connectivity index (χ0n) is 22.4. The van der Waals surface area contributed by atoms with Crippen LogP contribution in [0.1, 0.15) is 29.9 Å². The summed E-state index contributed by atoms with van der Waals surface area (Å²) in [4.78, 5) is 4.74. The molecular formula is C29H37Cl6F2N3O. The summed E-state index contributed by atoms with van der Waals surface area (Å²) in [5.74, 6) is -0.412. The molecule has 1 fully saturated rings. The lowest BCUT2D eigenvalue weighted by Gasteiger charge is -2.36. The van der Waals surface area contributed by atoms with Crippen LogP contribution in [0, 0.1) is 11.6 Å². The van der Waals surface area contributed by atoms with Crippen LogP contribution in [0.25, 0.3) is 0 Å². The number of aliphatic hydroxyl groups excluding tert-OH is 1. The van der Waals surface area contributed by atoms with E-state index >= 15 is 0 Å². The van der Waals surface area contributed by atoms with Gasteiger partial charge in [-0.05, 0) is 73.0 Å². The Balaban J connectivity index is 0.00000400. The molecule has 0 bridgehead atoms. The molecular weight excluding hydrogens is 657 g/mol. The topological polar surface area (TPSA) is 38.7 Å². The number of hydrogen-bond donors (Lipinski definition) is 2. The standard InChI is InChI=1S/C29H33Cl2F2N3O.4ClH/c30-28-12-11-25(18-29(28)31)34-19-26(37)20-36-16-14-35(15-17-36)13-1-2-27(21-3-7-23(32)8-4-21)22-5-9-24(33)10-6-22;;;;/h3-12,18,26-27,34,37H,1-2,13-17,19-20H2;4*1H. The van der Waals surface area contributed by atoms with E-state index in [0.29, 0.717) is 23.1 Å². The van der Waals surface area contributed by atoms with Crippen LogP contribution < -0.4 is 5.32 Å². The summed E-state index contributed by atoms with van der Waals surface area (Å²) in [5, 5.41) is 14.7. The van der Waals surface area contributed by atoms with Crippen molar-refractivity contribution >= 4 is 78.5 Å². The molecule has 1 heterocycles. The van der Waals surface area contributed by atoms with Gasteiger partial charge >= 0.3 is 0 Å². The molecule has 1 aliphatic heterocycles. The van der Waals surface area contributed by atoms with Crippen molar-refractivity contribution < 1.29 is 13.9 Å². The molecule has 0 aromatic heterocycles. The molecule has 1 unspecified atom stereocenters. The number of piperazine rings is 1. The first-order chi connectivity index (χ1) is 17.9. The van der Waals surface area contributed by atoms with E-state index in [4.69, 9.17) is 23.2 Å². The summed E-state index contributed by atoms with van der Waals surface area (Å²) in [7, 11) is 0. The van der Waals surface area contributed by atoms with Gasteiger partial charge in [-0.3, -0.25) is 4.90 Å². The van der Waals surface area contributed by atoms with Crippen molar-refractivity contribution in [2.45, 2.75) is 24.9 Å². The van der Waals surface area contributed by atoms with E-state index in [-0.39, 0.29) is 67.2 Å². The van der Waals surface area contributed by atoms with Crippen LogP contribution in [-0.4, -0.2) is 66.8 Å². The first-order valence-corrected chi connectivity index (χ1v) is 13.5. The molecule has 0 aliphatic carbocycles. The fourth-order valence-corrected chi connectivity index (χ4v) is 5.13. The van der Waals surface area contributed by atoms with E-state index in [9.17, 15) is 13.9 Å². The SMILES string of the molecule is Cl.Cl.Cl.Cl.OC(CNc1ccc(Cl)c(Cl)c1)CN1CCN(CCCC(c2ccc(F)cc2)c2ccc(F)cc2)CC1. The lowest BCUT2D eigenvalue weighted by Crippen LogP contribution is -2.49. The quantitative estimate of drug-likeness (QED) is 0.214. The van der Waals surface area contributed by atoms with Gasteiger partial charge < -0.3 is 15.3 Å². The predicted molar refractivity (Wildman–Crippen MR) is 177 cm³/mol. The van der Waals surface area contributed by atoms with Crippen molar-refractivity contribution in [2.75, 3.05) is 51.1 Å². The highest BCUT2D eigenvalue weighted by molar-refractivity contribution is 6.42. The Morgan fingerprint density at radius 2 is 1.24 bits per heavy atom. The Hall–Kier alpha value is -1.06. The van der Waals surface area contributed by atoms with Gasteiger partial charge in [-0.2, -0.15) is 0 Å². The van der Waals surface area contributed by atoms with Crippen LogP contribution in [0.3, 0.4) is 0 Å². The van der Waals surface area contributed by atoms with Crippen molar-refractivity contribution in [1.82, 2.24) is 9.80 Å². The number of benzene rings is 3. The molecule has 4 nitrogen and oxygen atoms in total. The third kappa shape index (κ3) is 12.6. The number of aliphatic hydroxyl groups is 1. The highest BCUT2D eigenvalue weighted by atomic mass is 35.5. The van der Waals surface area contributed by atoms with E-state index < -0.39 is 6.10 Å². The third-order valence-corrected chi connectivity index (χ3v) is 7.65. The number of anilines is 1. The Morgan fingerprint density at radius 1 is 0.732 bits per heavy atom. The normalized spacial score (nSPS) is 14.2. The van der Waals surface area contributed by atoms with Crippen molar-refractivity contribution in [1.29, 1.82) is 0 Å². The van der Waals surface area contributed by atoms with Gasteiger partial charge in [-0.15, -0.1) is 49.6 Å². The molecule has 1 saturated heterocycles. The second kappa shape index (κ2) is 20.0. The van der Waals surface area contributed by atoms with Gasteiger partial charge in [-0.1, -0.05) is 47.5 Å². The van der Waals surface area contributed by atoms with E-state index in [1.165, 1.54) is 24.3 Å². The number of halogens is 8. The van der Waals surface area contributed by atoms with Crippen molar-refractivity contribution in [2.24, 2.45) is 0 Å². The maximum atomic E-state index is 13.5. The van der Waals surface area contributed by atoms with Crippen LogP contribution >= 0.6 is 72.8 Å². The highest BCUT2D eigenvalue weighted by Gasteiger charge is 2.20. The molecule has 3 aromatic carbocycles. The van der Waals surface area contributed by atoms with Crippen LogP contribution in [-0.2, 0) is 0 Å². The fraction of sp³-hybridized carbons (Fsp3) is 0.379. The lowest BCUT2D eigenvalue weighted by molar-refractivity contribution is 0.0776. The zero-order chi connectivity index (χ0) is 26.2. The molecule has 3 aromatic rings.